The van der Waals surface area contributed by atoms with E-state index in [1.807, 2.05) is 30.3 Å². The number of hydrogen-bond donors (Lipinski definition) is 1. The Kier molecular flexibility index (Phi) is 4.88. The highest BCUT2D eigenvalue weighted by Gasteiger charge is 2.33. The molecule has 3 nitrogen and oxygen atoms in total. The van der Waals surface area contributed by atoms with Crippen LogP contribution >= 0.6 is 0 Å². The van der Waals surface area contributed by atoms with Crippen LogP contribution in [0.25, 0.3) is 0 Å². The fraction of sp³-hybridized carbons (Fsp3) is 0.533. The van der Waals surface area contributed by atoms with Gasteiger partial charge < -0.3 is 5.32 Å². The molecule has 0 aliphatic carbocycles. The average molecular weight is 300 g/mol. The van der Waals surface area contributed by atoms with E-state index >= 15 is 0 Å². The largest absolute Gasteiger partial charge is 0.397 e. The highest BCUT2D eigenvalue weighted by Crippen LogP contribution is 2.25. The second kappa shape index (κ2) is 6.47. The summed E-state index contributed by atoms with van der Waals surface area (Å²) in [6.07, 6.45) is -5.17. The van der Waals surface area contributed by atoms with Crippen LogP contribution in [-0.4, -0.2) is 36.1 Å². The Balaban J connectivity index is 1.85. The smallest absolute Gasteiger partial charge is 0.352 e. The summed E-state index contributed by atoms with van der Waals surface area (Å²) in [5.41, 5.74) is 1.17. The summed E-state index contributed by atoms with van der Waals surface area (Å²) < 4.78 is 36.4. The number of carbonyl (C=O) groups is 1. The molecule has 0 radical (unpaired) electrons. The van der Waals surface area contributed by atoms with Crippen LogP contribution in [0.15, 0.2) is 30.3 Å². The molecular formula is C15H19F3N2O. The van der Waals surface area contributed by atoms with Crippen LogP contribution in [0.1, 0.15) is 31.4 Å². The molecule has 21 heavy (non-hydrogen) atoms. The second-order valence-corrected chi connectivity index (χ2v) is 5.43. The van der Waals surface area contributed by atoms with Crippen molar-refractivity contribution in [3.8, 4) is 0 Å². The molecule has 2 atom stereocenters. The highest BCUT2D eigenvalue weighted by molar-refractivity contribution is 5.76. The first-order valence-electron chi connectivity index (χ1n) is 7.00. The molecular weight excluding hydrogens is 281 g/mol. The van der Waals surface area contributed by atoms with Gasteiger partial charge in [0.15, 0.2) is 0 Å². The molecule has 1 aromatic rings. The maximum Gasteiger partial charge on any atom is 0.397 e. The van der Waals surface area contributed by atoms with Crippen molar-refractivity contribution in [1.29, 1.82) is 0 Å². The Morgan fingerprint density at radius 2 is 2.05 bits per heavy atom. The third-order valence-corrected chi connectivity index (χ3v) is 3.78. The number of nitrogens with zero attached hydrogens (tertiary/aromatic N) is 1. The summed E-state index contributed by atoms with van der Waals surface area (Å²) in [6.45, 7) is 3.42. The van der Waals surface area contributed by atoms with Crippen molar-refractivity contribution in [2.45, 2.75) is 38.0 Å². The number of halogens is 3. The first kappa shape index (κ1) is 15.8. The first-order chi connectivity index (χ1) is 9.85. The molecule has 1 fully saturated rings. The van der Waals surface area contributed by atoms with Gasteiger partial charge >= 0.3 is 6.18 Å². The maximum atomic E-state index is 12.1. The van der Waals surface area contributed by atoms with Gasteiger partial charge in [-0.1, -0.05) is 30.3 Å². The average Bonchev–Trinajstić information content (AvgIpc) is 2.85. The van der Waals surface area contributed by atoms with Crippen molar-refractivity contribution in [1.82, 2.24) is 10.2 Å². The molecule has 2 rings (SSSR count). The lowest BCUT2D eigenvalue weighted by molar-refractivity contribution is -0.154. The van der Waals surface area contributed by atoms with E-state index in [9.17, 15) is 18.0 Å². The summed E-state index contributed by atoms with van der Waals surface area (Å²) in [5.74, 6) is -0.943. The maximum absolute atomic E-state index is 12.1. The monoisotopic (exact) mass is 300 g/mol. The third-order valence-electron chi connectivity index (χ3n) is 3.78. The Morgan fingerprint density at radius 3 is 2.67 bits per heavy atom. The van der Waals surface area contributed by atoms with Gasteiger partial charge in [-0.05, 0) is 18.9 Å². The molecule has 1 saturated heterocycles. The number of amides is 1. The predicted octanol–water partition coefficient (Wildman–Crippen LogP) is 2.89. The number of nitrogens with one attached hydrogen (secondary N) is 1. The zero-order chi connectivity index (χ0) is 15.5. The van der Waals surface area contributed by atoms with Crippen molar-refractivity contribution in [2.24, 2.45) is 0 Å². The van der Waals surface area contributed by atoms with E-state index in [-0.39, 0.29) is 12.1 Å². The number of likely N-dealkylation sites (tertiary alicyclic amines) is 1. The molecule has 1 aromatic carbocycles. The quantitative estimate of drug-likeness (QED) is 0.927. The lowest BCUT2D eigenvalue weighted by Crippen LogP contribution is -2.39. The van der Waals surface area contributed by atoms with Crippen molar-refractivity contribution in [2.75, 3.05) is 13.1 Å². The van der Waals surface area contributed by atoms with Gasteiger partial charge in [0.1, 0.15) is 6.42 Å². The van der Waals surface area contributed by atoms with Crippen LogP contribution < -0.4 is 5.32 Å². The van der Waals surface area contributed by atoms with Crippen molar-refractivity contribution in [3.05, 3.63) is 35.9 Å². The summed E-state index contributed by atoms with van der Waals surface area (Å²) in [5, 5.41) is 2.47. The second-order valence-electron chi connectivity index (χ2n) is 5.43. The fourth-order valence-electron chi connectivity index (χ4n) is 2.66. The van der Waals surface area contributed by atoms with Gasteiger partial charge in [-0.25, -0.2) is 0 Å². The molecule has 1 heterocycles. The normalized spacial score (nSPS) is 21.2. The lowest BCUT2D eigenvalue weighted by Gasteiger charge is -2.24. The van der Waals surface area contributed by atoms with Gasteiger partial charge in [0.05, 0.1) is 0 Å². The van der Waals surface area contributed by atoms with Gasteiger partial charge in [0.2, 0.25) is 5.91 Å². The number of benzene rings is 1. The Bertz CT molecular complexity index is 476. The molecule has 0 spiro atoms. The molecule has 0 aromatic heterocycles. The minimum Gasteiger partial charge on any atom is -0.352 e. The van der Waals surface area contributed by atoms with E-state index in [1.54, 1.807) is 0 Å². The molecule has 0 saturated carbocycles. The molecule has 1 N–H and O–H groups in total. The predicted molar refractivity (Wildman–Crippen MR) is 73.6 cm³/mol. The van der Waals surface area contributed by atoms with Crippen LogP contribution in [0.5, 0.6) is 0 Å². The van der Waals surface area contributed by atoms with E-state index in [2.05, 4.69) is 17.1 Å². The van der Waals surface area contributed by atoms with E-state index in [1.165, 1.54) is 5.56 Å². The Hall–Kier alpha value is -1.56. The first-order valence-corrected chi connectivity index (χ1v) is 7.00. The van der Waals surface area contributed by atoms with E-state index in [0.717, 1.165) is 6.54 Å². The van der Waals surface area contributed by atoms with Crippen LogP contribution in [0.2, 0.25) is 0 Å². The SMILES string of the molecule is C[C@H](c1ccccc1)N1CC[C@@H](NC(=O)CC(F)(F)F)C1. The van der Waals surface area contributed by atoms with Crippen LogP contribution in [0.4, 0.5) is 13.2 Å². The molecule has 1 aliphatic rings. The Morgan fingerprint density at radius 1 is 1.38 bits per heavy atom. The molecule has 0 unspecified atom stereocenters. The number of carbonyl (C=O) groups excluding carboxylic acids is 1. The standard InChI is InChI=1S/C15H19F3N2O/c1-11(12-5-3-2-4-6-12)20-8-7-13(10-20)19-14(21)9-15(16,17)18/h2-6,11,13H,7-10H2,1H3,(H,19,21)/t11-,13-/m1/s1. The van der Waals surface area contributed by atoms with E-state index < -0.39 is 18.5 Å². The van der Waals surface area contributed by atoms with Gasteiger partial charge in [0, 0.05) is 25.2 Å². The van der Waals surface area contributed by atoms with Crippen LogP contribution in [0.3, 0.4) is 0 Å². The molecule has 0 bridgehead atoms. The van der Waals surface area contributed by atoms with Gasteiger partial charge in [0.25, 0.3) is 0 Å². The van der Waals surface area contributed by atoms with Crippen molar-refractivity contribution < 1.29 is 18.0 Å². The fourth-order valence-corrected chi connectivity index (χ4v) is 2.66. The topological polar surface area (TPSA) is 32.3 Å². The van der Waals surface area contributed by atoms with Crippen molar-refractivity contribution >= 4 is 5.91 Å². The molecule has 116 valence electrons. The lowest BCUT2D eigenvalue weighted by atomic mass is 10.1. The minimum absolute atomic E-state index is 0.190. The van der Waals surface area contributed by atoms with E-state index in [0.29, 0.717) is 13.0 Å². The number of rotatable bonds is 4. The molecule has 6 heteroatoms. The summed E-state index contributed by atoms with van der Waals surface area (Å²) in [4.78, 5) is 13.5. The summed E-state index contributed by atoms with van der Waals surface area (Å²) in [7, 11) is 0. The summed E-state index contributed by atoms with van der Waals surface area (Å²) >= 11 is 0. The molecule has 1 amide bonds. The van der Waals surface area contributed by atoms with Gasteiger partial charge in [-0.2, -0.15) is 13.2 Å². The Labute approximate surface area is 122 Å². The minimum atomic E-state index is -4.44. The number of hydrogen-bond acceptors (Lipinski definition) is 2. The highest BCUT2D eigenvalue weighted by atomic mass is 19.4. The van der Waals surface area contributed by atoms with Gasteiger partial charge in [-0.15, -0.1) is 0 Å². The summed E-state index contributed by atoms with van der Waals surface area (Å²) in [6, 6.07) is 9.91. The zero-order valence-corrected chi connectivity index (χ0v) is 11.9. The van der Waals surface area contributed by atoms with E-state index in [4.69, 9.17) is 0 Å². The third kappa shape index (κ3) is 4.74. The number of alkyl halides is 3. The van der Waals surface area contributed by atoms with Crippen molar-refractivity contribution in [3.63, 3.8) is 0 Å². The zero-order valence-electron chi connectivity index (χ0n) is 11.9. The van der Waals surface area contributed by atoms with Crippen LogP contribution in [-0.2, 0) is 4.79 Å². The van der Waals surface area contributed by atoms with Crippen LogP contribution in [0, 0.1) is 0 Å². The molecule has 1 aliphatic heterocycles. The van der Waals surface area contributed by atoms with Gasteiger partial charge in [-0.3, -0.25) is 9.69 Å².